The van der Waals surface area contributed by atoms with Gasteiger partial charge < -0.3 is 15.0 Å². The molecule has 1 N–H and O–H groups in total. The molecular weight excluding hydrogens is 366 g/mol. The second-order valence-corrected chi connectivity index (χ2v) is 7.67. The second-order valence-electron chi connectivity index (χ2n) is 7.67. The fraction of sp³-hybridized carbons (Fsp3) is 0.435. The fourth-order valence-electron chi connectivity index (χ4n) is 3.94. The Kier molecular flexibility index (Phi) is 6.20. The molecule has 152 valence electrons. The van der Waals surface area contributed by atoms with Gasteiger partial charge in [-0.2, -0.15) is 0 Å². The molecule has 6 heteroatoms. The third-order valence-corrected chi connectivity index (χ3v) is 5.62. The third-order valence-electron chi connectivity index (χ3n) is 5.62. The van der Waals surface area contributed by atoms with Crippen LogP contribution in [0.3, 0.4) is 0 Å². The number of ketones is 1. The monoisotopic (exact) mass is 393 g/mol. The van der Waals surface area contributed by atoms with E-state index >= 15 is 0 Å². The number of hydrogen-bond acceptors (Lipinski definition) is 5. The minimum atomic E-state index is -0.169. The topological polar surface area (TPSA) is 71.5 Å². The Hall–Kier alpha value is -2.73. The Morgan fingerprint density at radius 1 is 1.00 bits per heavy atom. The predicted molar refractivity (Wildman–Crippen MR) is 113 cm³/mol. The maximum atomic E-state index is 12.5. The SMILES string of the molecule is O=C(CCC(=O)c1ccc2c(c1)CCCC2)Nc1ccc(N2CCOCC2)nc1. The number of Topliss-reactive ketones (excluding diaryl/α,β-unsaturated/α-hetero) is 1. The largest absolute Gasteiger partial charge is 0.378 e. The molecular formula is C23H27N3O3. The van der Waals surface area contributed by atoms with E-state index in [9.17, 15) is 9.59 Å². The first-order valence-corrected chi connectivity index (χ1v) is 10.4. The van der Waals surface area contributed by atoms with Crippen LogP contribution in [0, 0.1) is 0 Å². The Morgan fingerprint density at radius 2 is 1.79 bits per heavy atom. The lowest BCUT2D eigenvalue weighted by Gasteiger charge is -2.27. The molecule has 1 aromatic heterocycles. The van der Waals surface area contributed by atoms with Gasteiger partial charge in [0.15, 0.2) is 5.78 Å². The van der Waals surface area contributed by atoms with Crippen LogP contribution >= 0.6 is 0 Å². The number of benzene rings is 1. The summed E-state index contributed by atoms with van der Waals surface area (Å²) >= 11 is 0. The minimum absolute atomic E-state index is 0.0225. The van der Waals surface area contributed by atoms with Crippen LogP contribution in [0.25, 0.3) is 0 Å². The summed E-state index contributed by atoms with van der Waals surface area (Å²) < 4.78 is 5.35. The minimum Gasteiger partial charge on any atom is -0.378 e. The number of anilines is 2. The lowest BCUT2D eigenvalue weighted by molar-refractivity contribution is -0.116. The first-order chi connectivity index (χ1) is 14.2. The third kappa shape index (κ3) is 5.01. The van der Waals surface area contributed by atoms with Gasteiger partial charge >= 0.3 is 0 Å². The molecule has 2 heterocycles. The first kappa shape index (κ1) is 19.6. The molecule has 1 aliphatic heterocycles. The highest BCUT2D eigenvalue weighted by atomic mass is 16.5. The summed E-state index contributed by atoms with van der Waals surface area (Å²) in [6.45, 7) is 3.06. The van der Waals surface area contributed by atoms with Gasteiger partial charge in [0.25, 0.3) is 0 Å². The van der Waals surface area contributed by atoms with E-state index in [-0.39, 0.29) is 24.5 Å². The summed E-state index contributed by atoms with van der Waals surface area (Å²) in [6, 6.07) is 9.74. The highest BCUT2D eigenvalue weighted by Crippen LogP contribution is 2.23. The van der Waals surface area contributed by atoms with Crippen LogP contribution in [-0.4, -0.2) is 43.0 Å². The normalized spacial score (nSPS) is 16.2. The maximum Gasteiger partial charge on any atom is 0.224 e. The van der Waals surface area contributed by atoms with Crippen LogP contribution in [0.5, 0.6) is 0 Å². The lowest BCUT2D eigenvalue weighted by atomic mass is 9.89. The van der Waals surface area contributed by atoms with E-state index in [1.54, 1.807) is 6.20 Å². The van der Waals surface area contributed by atoms with Gasteiger partial charge in [-0.3, -0.25) is 9.59 Å². The number of carbonyl (C=O) groups is 2. The van der Waals surface area contributed by atoms with Crippen molar-refractivity contribution in [1.82, 2.24) is 4.98 Å². The number of pyridine rings is 1. The maximum absolute atomic E-state index is 12.5. The summed E-state index contributed by atoms with van der Waals surface area (Å²) in [5.41, 5.74) is 4.01. The highest BCUT2D eigenvalue weighted by molar-refractivity contribution is 6.00. The summed E-state index contributed by atoms with van der Waals surface area (Å²) in [5.74, 6) is 0.737. The zero-order chi connectivity index (χ0) is 20.1. The van der Waals surface area contributed by atoms with E-state index in [0.29, 0.717) is 18.9 Å². The molecule has 4 rings (SSSR count). The number of carbonyl (C=O) groups excluding carboxylic acids is 2. The molecule has 29 heavy (non-hydrogen) atoms. The van der Waals surface area contributed by atoms with Crippen molar-refractivity contribution >= 4 is 23.2 Å². The van der Waals surface area contributed by atoms with Crippen LogP contribution in [0.2, 0.25) is 0 Å². The number of amides is 1. The number of nitrogens with zero attached hydrogens (tertiary/aromatic N) is 2. The number of hydrogen-bond donors (Lipinski definition) is 1. The second kappa shape index (κ2) is 9.18. The van der Waals surface area contributed by atoms with E-state index in [1.807, 2.05) is 24.3 Å². The van der Waals surface area contributed by atoms with Gasteiger partial charge in [0.1, 0.15) is 5.82 Å². The molecule has 0 atom stereocenters. The standard InChI is InChI=1S/C23H27N3O3/c27-21(19-6-5-17-3-1-2-4-18(17)15-19)8-10-23(28)25-20-7-9-22(24-16-20)26-11-13-29-14-12-26/h5-7,9,15-16H,1-4,8,10-14H2,(H,25,28). The van der Waals surface area contributed by atoms with Crippen molar-refractivity contribution in [1.29, 1.82) is 0 Å². The van der Waals surface area contributed by atoms with Crippen molar-refractivity contribution in [2.24, 2.45) is 0 Å². The Balaban J connectivity index is 1.28. The van der Waals surface area contributed by atoms with Crippen LogP contribution < -0.4 is 10.2 Å². The van der Waals surface area contributed by atoms with Crippen molar-refractivity contribution in [3.05, 3.63) is 53.2 Å². The average molecular weight is 393 g/mol. The zero-order valence-corrected chi connectivity index (χ0v) is 16.7. The van der Waals surface area contributed by atoms with Crippen molar-refractivity contribution in [2.75, 3.05) is 36.5 Å². The van der Waals surface area contributed by atoms with E-state index in [4.69, 9.17) is 4.74 Å². The van der Waals surface area contributed by atoms with Crippen molar-refractivity contribution in [3.63, 3.8) is 0 Å². The van der Waals surface area contributed by atoms with Crippen LogP contribution in [-0.2, 0) is 22.4 Å². The number of nitrogens with one attached hydrogen (secondary N) is 1. The molecule has 2 aliphatic rings. The number of morpholine rings is 1. The van der Waals surface area contributed by atoms with E-state index in [0.717, 1.165) is 37.3 Å². The molecule has 0 bridgehead atoms. The predicted octanol–water partition coefficient (Wildman–Crippen LogP) is 3.40. The fourth-order valence-corrected chi connectivity index (χ4v) is 3.94. The summed E-state index contributed by atoms with van der Waals surface area (Å²) in [6.07, 6.45) is 6.60. The zero-order valence-electron chi connectivity index (χ0n) is 16.7. The van der Waals surface area contributed by atoms with E-state index in [2.05, 4.69) is 21.3 Å². The average Bonchev–Trinajstić information content (AvgIpc) is 2.78. The van der Waals surface area contributed by atoms with Crippen LogP contribution in [0.4, 0.5) is 11.5 Å². The summed E-state index contributed by atoms with van der Waals surface area (Å²) in [4.78, 5) is 31.3. The van der Waals surface area contributed by atoms with E-state index in [1.165, 1.54) is 24.0 Å². The van der Waals surface area contributed by atoms with Gasteiger partial charge in [-0.1, -0.05) is 12.1 Å². The molecule has 0 saturated carbocycles. The molecule has 1 fully saturated rings. The molecule has 6 nitrogen and oxygen atoms in total. The van der Waals surface area contributed by atoms with Gasteiger partial charge in [-0.25, -0.2) is 4.98 Å². The van der Waals surface area contributed by atoms with Crippen molar-refractivity contribution in [3.8, 4) is 0 Å². The van der Waals surface area contributed by atoms with Gasteiger partial charge in [0, 0.05) is 31.5 Å². The number of aryl methyl sites for hydroxylation is 2. The van der Waals surface area contributed by atoms with Crippen LogP contribution in [0.1, 0.15) is 47.2 Å². The van der Waals surface area contributed by atoms with Gasteiger partial charge in [-0.15, -0.1) is 0 Å². The molecule has 0 radical (unpaired) electrons. The molecule has 1 amide bonds. The molecule has 2 aromatic rings. The molecule has 1 aliphatic carbocycles. The Bertz CT molecular complexity index is 873. The van der Waals surface area contributed by atoms with Gasteiger partial charge in [0.05, 0.1) is 25.1 Å². The van der Waals surface area contributed by atoms with Gasteiger partial charge in [0.2, 0.25) is 5.91 Å². The molecule has 1 saturated heterocycles. The number of fused-ring (bicyclic) bond motifs is 1. The first-order valence-electron chi connectivity index (χ1n) is 10.4. The van der Waals surface area contributed by atoms with Crippen molar-refractivity contribution < 1.29 is 14.3 Å². The number of ether oxygens (including phenoxy) is 1. The van der Waals surface area contributed by atoms with E-state index < -0.39 is 0 Å². The summed E-state index contributed by atoms with van der Waals surface area (Å²) in [5, 5.41) is 2.83. The van der Waals surface area contributed by atoms with Crippen molar-refractivity contribution in [2.45, 2.75) is 38.5 Å². The lowest BCUT2D eigenvalue weighted by Crippen LogP contribution is -2.36. The Labute approximate surface area is 171 Å². The number of rotatable bonds is 6. The molecule has 1 aromatic carbocycles. The smallest absolute Gasteiger partial charge is 0.224 e. The Morgan fingerprint density at radius 3 is 2.55 bits per heavy atom. The molecule has 0 spiro atoms. The summed E-state index contributed by atoms with van der Waals surface area (Å²) in [7, 11) is 0. The quantitative estimate of drug-likeness (QED) is 0.762. The highest BCUT2D eigenvalue weighted by Gasteiger charge is 2.15. The van der Waals surface area contributed by atoms with Crippen LogP contribution in [0.15, 0.2) is 36.5 Å². The molecule has 0 unspecified atom stereocenters. The van der Waals surface area contributed by atoms with Gasteiger partial charge in [-0.05, 0) is 55.0 Å². The number of aromatic nitrogens is 1.